The Labute approximate surface area is 152 Å². The first kappa shape index (κ1) is 16.0. The molecule has 3 aromatic rings. The summed E-state index contributed by atoms with van der Waals surface area (Å²) in [6, 6.07) is 14.5. The average Bonchev–Trinajstić information content (AvgIpc) is 3.24. The van der Waals surface area contributed by atoms with Crippen LogP contribution in [0.5, 0.6) is 0 Å². The van der Waals surface area contributed by atoms with Gasteiger partial charge in [0.15, 0.2) is 0 Å². The molecule has 4 rings (SSSR count). The van der Waals surface area contributed by atoms with E-state index in [2.05, 4.69) is 39.9 Å². The molecular weight excluding hydrogens is 339 g/mol. The zero-order valence-electron chi connectivity index (χ0n) is 13.5. The highest BCUT2D eigenvalue weighted by molar-refractivity contribution is 6.42. The van der Waals surface area contributed by atoms with E-state index in [1.54, 1.807) is 0 Å². The van der Waals surface area contributed by atoms with Gasteiger partial charge in [0.2, 0.25) is 0 Å². The molecule has 2 heterocycles. The molecule has 24 heavy (non-hydrogen) atoms. The third kappa shape index (κ3) is 3.06. The molecule has 0 spiro atoms. The van der Waals surface area contributed by atoms with Crippen LogP contribution in [0.25, 0.3) is 22.0 Å². The molecule has 1 aliphatic rings. The average molecular weight is 359 g/mol. The maximum Gasteiger partial charge on any atom is 0.0598 e. The molecule has 0 bridgehead atoms. The number of likely N-dealkylation sites (tertiary alicyclic amines) is 1. The fourth-order valence-electron chi connectivity index (χ4n) is 3.59. The van der Waals surface area contributed by atoms with Crippen molar-refractivity contribution in [3.05, 3.63) is 58.7 Å². The highest BCUT2D eigenvalue weighted by Gasteiger charge is 2.13. The first-order valence-electron chi connectivity index (χ1n) is 8.48. The van der Waals surface area contributed by atoms with Crippen LogP contribution in [0.15, 0.2) is 48.7 Å². The standard InChI is InChI=1S/C20H20Cl2N2/c21-18-7-6-15(14-19(18)22)16-4-3-5-20-17(16)8-11-24(20)13-12-23-9-1-2-10-23/h3-8,11,14H,1-2,9-10,12-13H2. The third-order valence-electron chi connectivity index (χ3n) is 4.90. The minimum absolute atomic E-state index is 0.593. The molecule has 1 aliphatic heterocycles. The number of nitrogens with zero attached hydrogens (tertiary/aromatic N) is 2. The van der Waals surface area contributed by atoms with Crippen LogP contribution in [0.4, 0.5) is 0 Å². The number of hydrogen-bond donors (Lipinski definition) is 0. The van der Waals surface area contributed by atoms with Crippen molar-refractivity contribution in [2.24, 2.45) is 0 Å². The van der Waals surface area contributed by atoms with Crippen molar-refractivity contribution in [2.75, 3.05) is 19.6 Å². The Morgan fingerprint density at radius 3 is 2.50 bits per heavy atom. The number of halogens is 2. The van der Waals surface area contributed by atoms with Gasteiger partial charge in [-0.25, -0.2) is 0 Å². The molecule has 1 fully saturated rings. The molecule has 2 aromatic carbocycles. The van der Waals surface area contributed by atoms with Gasteiger partial charge in [0.05, 0.1) is 10.0 Å². The molecule has 0 unspecified atom stereocenters. The lowest BCUT2D eigenvalue weighted by atomic mass is 10.0. The van der Waals surface area contributed by atoms with Crippen LogP contribution in [-0.4, -0.2) is 29.1 Å². The van der Waals surface area contributed by atoms with Crippen LogP contribution in [0.1, 0.15) is 12.8 Å². The molecule has 0 amide bonds. The van der Waals surface area contributed by atoms with Crippen LogP contribution >= 0.6 is 23.2 Å². The van der Waals surface area contributed by atoms with Crippen molar-refractivity contribution in [3.8, 4) is 11.1 Å². The van der Waals surface area contributed by atoms with E-state index in [0.29, 0.717) is 10.0 Å². The molecular formula is C20H20Cl2N2. The van der Waals surface area contributed by atoms with Crippen molar-refractivity contribution in [1.82, 2.24) is 9.47 Å². The van der Waals surface area contributed by atoms with Gasteiger partial charge in [-0.3, -0.25) is 0 Å². The van der Waals surface area contributed by atoms with Gasteiger partial charge in [-0.1, -0.05) is 41.4 Å². The normalized spacial score (nSPS) is 15.4. The second-order valence-corrected chi connectivity index (χ2v) is 7.24. The van der Waals surface area contributed by atoms with Crippen molar-refractivity contribution >= 4 is 34.1 Å². The summed E-state index contributed by atoms with van der Waals surface area (Å²) in [4.78, 5) is 2.55. The predicted molar refractivity (Wildman–Crippen MR) is 103 cm³/mol. The van der Waals surface area contributed by atoms with Gasteiger partial charge < -0.3 is 9.47 Å². The highest BCUT2D eigenvalue weighted by Crippen LogP contribution is 2.33. The lowest BCUT2D eigenvalue weighted by Gasteiger charge is -2.15. The monoisotopic (exact) mass is 358 g/mol. The summed E-state index contributed by atoms with van der Waals surface area (Å²) >= 11 is 12.3. The Morgan fingerprint density at radius 1 is 0.875 bits per heavy atom. The van der Waals surface area contributed by atoms with Crippen molar-refractivity contribution in [3.63, 3.8) is 0 Å². The Balaban J connectivity index is 1.66. The second-order valence-electron chi connectivity index (χ2n) is 6.43. The molecule has 0 aliphatic carbocycles. The minimum Gasteiger partial charge on any atom is -0.346 e. The second kappa shape index (κ2) is 6.79. The Kier molecular flexibility index (Phi) is 4.53. The first-order valence-corrected chi connectivity index (χ1v) is 9.23. The zero-order valence-corrected chi connectivity index (χ0v) is 15.0. The largest absolute Gasteiger partial charge is 0.346 e. The number of hydrogen-bond acceptors (Lipinski definition) is 1. The maximum absolute atomic E-state index is 6.20. The molecule has 124 valence electrons. The van der Waals surface area contributed by atoms with Gasteiger partial charge in [-0.2, -0.15) is 0 Å². The van der Waals surface area contributed by atoms with Gasteiger partial charge in [-0.05, 0) is 61.3 Å². The lowest BCUT2D eigenvalue weighted by molar-refractivity contribution is 0.324. The topological polar surface area (TPSA) is 8.17 Å². The van der Waals surface area contributed by atoms with Crippen LogP contribution < -0.4 is 0 Å². The van der Waals surface area contributed by atoms with E-state index in [-0.39, 0.29) is 0 Å². The van der Waals surface area contributed by atoms with Crippen molar-refractivity contribution in [1.29, 1.82) is 0 Å². The minimum atomic E-state index is 0.593. The molecule has 1 aromatic heterocycles. The van der Waals surface area contributed by atoms with Crippen LogP contribution in [-0.2, 0) is 6.54 Å². The summed E-state index contributed by atoms with van der Waals surface area (Å²) in [5.74, 6) is 0. The molecule has 0 atom stereocenters. The predicted octanol–water partition coefficient (Wildman–Crippen LogP) is 5.71. The lowest BCUT2D eigenvalue weighted by Crippen LogP contribution is -2.23. The molecule has 4 heteroatoms. The van der Waals surface area contributed by atoms with Crippen molar-refractivity contribution < 1.29 is 0 Å². The fraction of sp³-hybridized carbons (Fsp3) is 0.300. The van der Waals surface area contributed by atoms with Gasteiger partial charge in [0.25, 0.3) is 0 Å². The molecule has 1 saturated heterocycles. The summed E-state index contributed by atoms with van der Waals surface area (Å²) in [5, 5.41) is 2.45. The third-order valence-corrected chi connectivity index (χ3v) is 5.64. The highest BCUT2D eigenvalue weighted by atomic mass is 35.5. The summed E-state index contributed by atoms with van der Waals surface area (Å²) < 4.78 is 2.36. The van der Waals surface area contributed by atoms with E-state index in [0.717, 1.165) is 18.7 Å². The van der Waals surface area contributed by atoms with Crippen LogP contribution in [0.3, 0.4) is 0 Å². The Bertz CT molecular complexity index is 863. The zero-order chi connectivity index (χ0) is 16.5. The van der Waals surface area contributed by atoms with Crippen LogP contribution in [0.2, 0.25) is 10.0 Å². The Hall–Kier alpha value is -1.48. The summed E-state index contributed by atoms with van der Waals surface area (Å²) in [5.41, 5.74) is 3.58. The van der Waals surface area contributed by atoms with E-state index < -0.39 is 0 Å². The number of fused-ring (bicyclic) bond motifs is 1. The number of benzene rings is 2. The molecule has 0 radical (unpaired) electrons. The SMILES string of the molecule is Clc1ccc(-c2cccc3c2ccn3CCN2CCCC2)cc1Cl. The fourth-order valence-corrected chi connectivity index (χ4v) is 3.89. The Morgan fingerprint density at radius 2 is 1.71 bits per heavy atom. The van der Waals surface area contributed by atoms with E-state index in [9.17, 15) is 0 Å². The number of rotatable bonds is 4. The van der Waals surface area contributed by atoms with Gasteiger partial charge in [0.1, 0.15) is 0 Å². The van der Waals surface area contributed by atoms with E-state index >= 15 is 0 Å². The van der Waals surface area contributed by atoms with Gasteiger partial charge >= 0.3 is 0 Å². The maximum atomic E-state index is 6.20. The quantitative estimate of drug-likeness (QED) is 0.579. The van der Waals surface area contributed by atoms with E-state index in [1.165, 1.54) is 42.4 Å². The summed E-state index contributed by atoms with van der Waals surface area (Å²) in [6.45, 7) is 4.65. The molecule has 0 saturated carbocycles. The van der Waals surface area contributed by atoms with Gasteiger partial charge in [0, 0.05) is 30.2 Å². The molecule has 0 N–H and O–H groups in total. The van der Waals surface area contributed by atoms with E-state index in [1.807, 2.05) is 18.2 Å². The number of aromatic nitrogens is 1. The first-order chi connectivity index (χ1) is 11.7. The van der Waals surface area contributed by atoms with E-state index in [4.69, 9.17) is 23.2 Å². The van der Waals surface area contributed by atoms with Crippen molar-refractivity contribution in [2.45, 2.75) is 19.4 Å². The summed E-state index contributed by atoms with van der Waals surface area (Å²) in [6.07, 6.45) is 4.88. The van der Waals surface area contributed by atoms with Gasteiger partial charge in [-0.15, -0.1) is 0 Å². The van der Waals surface area contributed by atoms with Crippen LogP contribution in [0, 0.1) is 0 Å². The summed E-state index contributed by atoms with van der Waals surface area (Å²) in [7, 11) is 0. The molecule has 2 nitrogen and oxygen atoms in total. The smallest absolute Gasteiger partial charge is 0.0598 e.